The second-order valence-corrected chi connectivity index (χ2v) is 26.9. The van der Waals surface area contributed by atoms with Gasteiger partial charge in [0.05, 0.1) is 71.9 Å². The molecule has 6 N–H and O–H groups in total. The Morgan fingerprint density at radius 2 is 1.43 bits per heavy atom. The van der Waals surface area contributed by atoms with E-state index in [0.29, 0.717) is 88.0 Å². The SMILES string of the molecule is COCCOCCOCCOCCOCCC(=O)N[C@@H](CCCCN1C(=O)C=CC1=O)C(=O)N[C@H](C(=O)N[C@@H](C)C(=O)Nc1ccc(COC(=O)N(C)Cc2ccccc2C(=O)Nc2nc3c(ncn3[C@@H]3O[C@@H]4CO[P+](=O)O[C@H]5C[C@H](Oc6ccncn6)C[C@@H]5CO[P+](=O)O[C@@H]3C4)c(=O)[nH]2)cc1)C(C)C. The first kappa shape index (κ1) is 80.1. The zero-order valence-corrected chi connectivity index (χ0v) is 60.4. The number of rotatable bonds is 37. The van der Waals surface area contributed by atoms with Gasteiger partial charge in [-0.05, 0) is 67.9 Å². The number of benzene rings is 2. The van der Waals surface area contributed by atoms with E-state index in [-0.39, 0.29) is 94.7 Å². The third-order valence-corrected chi connectivity index (χ3v) is 18.6. The number of ether oxygens (including phenoxy) is 8. The van der Waals surface area contributed by atoms with Crippen LogP contribution in [0.2, 0.25) is 0 Å². The molecule has 2 unspecified atom stereocenters. The first-order chi connectivity index (χ1) is 50.7. The summed E-state index contributed by atoms with van der Waals surface area (Å²) in [7, 11) is -2.37. The van der Waals surface area contributed by atoms with Crippen LogP contribution in [0, 0.1) is 11.8 Å². The third kappa shape index (κ3) is 24.3. The quantitative estimate of drug-likeness (QED) is 0.0181. The zero-order valence-electron chi connectivity index (χ0n) is 58.6. The smallest absolute Gasteiger partial charge is 0.474 e. The standard InChI is InChI=1S/C67H85N13O23P2/c1-41(2)57(74-62(86)50(12-8-9-22-79-55(82)17-18-56(79)83)73-53(81)20-23-93-26-27-95-30-31-96-29-28-94-25-24-92-5)63(87)71-42(3)60(84)72-46-15-13-43(14-16-46)36-97-67(89)78(4)35-44-10-6-7-11-49(44)61(85)76-66-75-59-58(64(88)77-66)70-40-80(59)65-52-34-48(101-65)38-99-105(91)102-51-33-47(100-54-19-21-68-39-69-54)32-45(51)37-98-104(90)103-52/h6-7,10-11,13-19,21,39-42,45,47-48,50-52,57,65H,8-9,12,20,22-38H2,1-5H3,(H4-2,71,72,73,74,75,76,77,81,84,85,86,87,88)/p+2/t42-,45+,47+,48-,50-,51-,52+,57-,65+/m0/s1. The number of nitrogens with one attached hydrogen (secondary N) is 6. The molecule has 36 nitrogen and oxygen atoms in total. The van der Waals surface area contributed by atoms with Gasteiger partial charge in [-0.25, -0.2) is 19.7 Å². The van der Waals surface area contributed by atoms with Crippen molar-refractivity contribution in [1.82, 2.24) is 55.2 Å². The minimum absolute atomic E-state index is 0.0231. The molecule has 0 spiro atoms. The maximum absolute atomic E-state index is 14.0. The van der Waals surface area contributed by atoms with Crippen molar-refractivity contribution >= 4 is 86.8 Å². The lowest BCUT2D eigenvalue weighted by atomic mass is 10.0. The summed E-state index contributed by atoms with van der Waals surface area (Å²) < 4.78 is 95.7. The molecule has 11 atom stereocenters. The van der Waals surface area contributed by atoms with E-state index >= 15 is 0 Å². The minimum Gasteiger partial charge on any atom is -0.474 e. The van der Waals surface area contributed by atoms with Gasteiger partial charge in [-0.3, -0.25) is 58.1 Å². The number of H-pyrrole nitrogens is 1. The van der Waals surface area contributed by atoms with E-state index in [2.05, 4.69) is 51.5 Å². The molecule has 9 rings (SSSR count). The molecule has 3 aliphatic heterocycles. The van der Waals surface area contributed by atoms with Crippen LogP contribution in [-0.2, 0) is 102 Å². The van der Waals surface area contributed by atoms with Crippen molar-refractivity contribution < 1.29 is 103 Å². The van der Waals surface area contributed by atoms with Crippen molar-refractivity contribution in [2.24, 2.45) is 11.8 Å². The molecular weight excluding hydrogens is 1420 g/mol. The second kappa shape index (κ2) is 40.5. The van der Waals surface area contributed by atoms with Crippen molar-refractivity contribution in [3.8, 4) is 5.88 Å². The Hall–Kier alpha value is -9.03. The Bertz CT molecular complexity index is 3890. The minimum atomic E-state index is -2.77. The second-order valence-electron chi connectivity index (χ2n) is 25.1. The summed E-state index contributed by atoms with van der Waals surface area (Å²) in [4.78, 5) is 141. The highest BCUT2D eigenvalue weighted by Gasteiger charge is 2.49. The molecule has 3 fully saturated rings. The van der Waals surface area contributed by atoms with Crippen LogP contribution in [0.25, 0.3) is 11.2 Å². The normalized spacial score (nSPS) is 20.5. The molecule has 4 aliphatic rings. The first-order valence-electron chi connectivity index (χ1n) is 34.2. The number of carbonyl (C=O) groups is 8. The number of hydrogen-bond acceptors (Lipinski definition) is 27. The number of methoxy groups -OCH3 is 1. The topological polar surface area (TPSA) is 437 Å². The Kier molecular flexibility index (Phi) is 30.9. The molecule has 1 saturated carbocycles. The molecule has 6 heterocycles. The van der Waals surface area contributed by atoms with Crippen LogP contribution in [0.5, 0.6) is 5.88 Å². The lowest BCUT2D eigenvalue weighted by Crippen LogP contribution is -2.57. The predicted octanol–water partition coefficient (Wildman–Crippen LogP) is 4.47. The highest BCUT2D eigenvalue weighted by atomic mass is 31.1. The molecule has 38 heteroatoms. The van der Waals surface area contributed by atoms with Crippen LogP contribution < -0.4 is 36.9 Å². The summed E-state index contributed by atoms with van der Waals surface area (Å²) in [5.41, 5.74) is 0.504. The summed E-state index contributed by atoms with van der Waals surface area (Å²) in [6, 6.07) is 11.0. The number of imide groups is 1. The van der Waals surface area contributed by atoms with E-state index in [1.807, 2.05) is 0 Å². The maximum atomic E-state index is 14.0. The third-order valence-electron chi connectivity index (χ3n) is 17.0. The molecule has 0 radical (unpaired) electrons. The van der Waals surface area contributed by atoms with Crippen LogP contribution in [0.4, 0.5) is 16.4 Å². The number of aromatic amines is 1. The van der Waals surface area contributed by atoms with Crippen LogP contribution in [0.15, 0.2) is 90.4 Å². The summed E-state index contributed by atoms with van der Waals surface area (Å²) in [5, 5.41) is 13.5. The molecule has 5 aromatic rings. The van der Waals surface area contributed by atoms with Gasteiger partial charge in [0.1, 0.15) is 56.5 Å². The fourth-order valence-electron chi connectivity index (χ4n) is 11.5. The van der Waals surface area contributed by atoms with Crippen molar-refractivity contribution in [2.45, 2.75) is 128 Å². The fraction of sp³-hybridized carbons (Fsp3) is 0.537. The van der Waals surface area contributed by atoms with Crippen molar-refractivity contribution in [3.05, 3.63) is 113 Å². The number of carbonyl (C=O) groups excluding carboxylic acids is 8. The molecule has 105 heavy (non-hydrogen) atoms. The van der Waals surface area contributed by atoms with Crippen LogP contribution in [0.1, 0.15) is 93.4 Å². The Morgan fingerprint density at radius 1 is 0.743 bits per heavy atom. The zero-order chi connectivity index (χ0) is 74.8. The fourth-order valence-corrected chi connectivity index (χ4v) is 13.1. The highest BCUT2D eigenvalue weighted by Crippen LogP contribution is 2.44. The largest absolute Gasteiger partial charge is 0.697 e. The number of nitrogens with zero attached hydrogens (tertiary/aromatic N) is 7. The average Bonchev–Trinajstić information content (AvgIpc) is 1.62. The van der Waals surface area contributed by atoms with Crippen molar-refractivity contribution in [2.75, 3.05) is 104 Å². The summed E-state index contributed by atoms with van der Waals surface area (Å²) >= 11 is 0. The van der Waals surface area contributed by atoms with E-state index in [1.54, 1.807) is 69.5 Å². The van der Waals surface area contributed by atoms with Gasteiger partial charge in [0, 0.05) is 97.2 Å². The molecule has 8 amide bonds. The molecule has 1 aliphatic carbocycles. The Balaban J connectivity index is 0.721. The lowest BCUT2D eigenvalue weighted by Gasteiger charge is -2.26. The van der Waals surface area contributed by atoms with Gasteiger partial charge in [-0.1, -0.05) is 44.2 Å². The number of imidazole rings is 1. The summed E-state index contributed by atoms with van der Waals surface area (Å²) in [5.74, 6) is -4.85. The molecule has 2 saturated heterocycles. The van der Waals surface area contributed by atoms with E-state index in [1.165, 1.54) is 60.5 Å². The van der Waals surface area contributed by atoms with Gasteiger partial charge in [-0.2, -0.15) is 4.98 Å². The monoisotopic (exact) mass is 1500 g/mol. The number of anilines is 2. The lowest BCUT2D eigenvalue weighted by molar-refractivity contribution is -0.137. The average molecular weight is 1500 g/mol. The van der Waals surface area contributed by atoms with Crippen LogP contribution >= 0.6 is 16.5 Å². The number of hydrogen-bond donors (Lipinski definition) is 6. The number of fused-ring (bicyclic) bond motifs is 4. The Labute approximate surface area is 605 Å². The highest BCUT2D eigenvalue weighted by molar-refractivity contribution is 7.33. The molecule has 2 aromatic carbocycles. The van der Waals surface area contributed by atoms with Crippen molar-refractivity contribution in [3.63, 3.8) is 0 Å². The van der Waals surface area contributed by atoms with Gasteiger partial charge < -0.3 is 64.1 Å². The summed E-state index contributed by atoms with van der Waals surface area (Å²) in [6.45, 7) is 7.35. The molecular formula is C67H87N13O23P2+2. The van der Waals surface area contributed by atoms with E-state index in [4.69, 9.17) is 56.0 Å². The first-order valence-corrected chi connectivity index (χ1v) is 36.4. The van der Waals surface area contributed by atoms with Crippen molar-refractivity contribution in [1.29, 1.82) is 0 Å². The predicted molar refractivity (Wildman–Crippen MR) is 370 cm³/mol. The van der Waals surface area contributed by atoms with Crippen LogP contribution in [0.3, 0.4) is 0 Å². The summed E-state index contributed by atoms with van der Waals surface area (Å²) in [6.07, 6.45) is 3.31. The van der Waals surface area contributed by atoms with Gasteiger partial charge >= 0.3 is 22.6 Å². The van der Waals surface area contributed by atoms with E-state index < -0.39 is 130 Å². The van der Waals surface area contributed by atoms with E-state index in [0.717, 1.165) is 4.90 Å². The molecule has 3 aromatic heterocycles. The number of unbranched alkanes of at least 4 members (excludes halogenated alkanes) is 1. The molecule has 2 bridgehead atoms. The van der Waals surface area contributed by atoms with Gasteiger partial charge in [-0.15, -0.1) is 18.1 Å². The van der Waals surface area contributed by atoms with E-state index in [9.17, 15) is 52.3 Å². The van der Waals surface area contributed by atoms with Crippen LogP contribution in [-0.4, -0.2) is 223 Å². The van der Waals surface area contributed by atoms with Gasteiger partial charge in [0.25, 0.3) is 23.3 Å². The van der Waals surface area contributed by atoms with Gasteiger partial charge in [0.2, 0.25) is 35.5 Å². The Morgan fingerprint density at radius 3 is 2.12 bits per heavy atom. The maximum Gasteiger partial charge on any atom is 0.697 e. The molecule has 566 valence electrons. The van der Waals surface area contributed by atoms with Gasteiger partial charge in [0.15, 0.2) is 23.5 Å². The number of amides is 8. The number of aromatic nitrogens is 6.